The number of anilines is 1. The van der Waals surface area contributed by atoms with Gasteiger partial charge >= 0.3 is 0 Å². The molecule has 0 atom stereocenters. The number of aromatic nitrogens is 1. The summed E-state index contributed by atoms with van der Waals surface area (Å²) in [5.74, 6) is 0.151. The molecule has 0 spiro atoms. The van der Waals surface area contributed by atoms with Crippen molar-refractivity contribution in [3.05, 3.63) is 87.7 Å². The Hall–Kier alpha value is -2.86. The normalized spacial score (nSPS) is 10.6. The van der Waals surface area contributed by atoms with Crippen molar-refractivity contribution in [3.63, 3.8) is 0 Å². The van der Waals surface area contributed by atoms with Gasteiger partial charge in [0.1, 0.15) is 10.8 Å². The van der Waals surface area contributed by atoms with Crippen LogP contribution < -0.4 is 10.1 Å². The highest BCUT2D eigenvalue weighted by atomic mass is 35.5. The molecule has 3 aromatic carbocycles. The number of amides is 1. The number of rotatable bonds is 5. The van der Waals surface area contributed by atoms with Crippen molar-refractivity contribution in [3.8, 4) is 27.6 Å². The van der Waals surface area contributed by atoms with E-state index >= 15 is 0 Å². The minimum Gasteiger partial charge on any atom is -0.496 e. The molecule has 1 aromatic heterocycles. The summed E-state index contributed by atoms with van der Waals surface area (Å²) >= 11 is 13.8. The lowest BCUT2D eigenvalue weighted by molar-refractivity contribution is 0.102. The van der Waals surface area contributed by atoms with Crippen LogP contribution in [0.15, 0.2) is 72.1 Å². The molecule has 4 rings (SSSR count). The standard InChI is InChI=1S/C23H16Cl2N2O2S/c1-29-21-10-9-15(24)12-18(21)22(28)26-16-6-4-5-14(11-16)20-13-30-23(27-20)17-7-2-3-8-19(17)25/h2-13H,1H3,(H,26,28). The van der Waals surface area contributed by atoms with Gasteiger partial charge in [-0.15, -0.1) is 11.3 Å². The summed E-state index contributed by atoms with van der Waals surface area (Å²) in [5.41, 5.74) is 3.61. The minimum atomic E-state index is -0.304. The number of benzene rings is 3. The van der Waals surface area contributed by atoms with Crippen molar-refractivity contribution in [2.45, 2.75) is 0 Å². The summed E-state index contributed by atoms with van der Waals surface area (Å²) in [7, 11) is 1.51. The second-order valence-corrected chi connectivity index (χ2v) is 8.10. The molecule has 0 unspecified atom stereocenters. The SMILES string of the molecule is COc1ccc(Cl)cc1C(=O)Nc1cccc(-c2csc(-c3ccccc3Cl)n2)c1. The average molecular weight is 455 g/mol. The molecule has 0 bridgehead atoms. The summed E-state index contributed by atoms with van der Waals surface area (Å²) in [6, 6.07) is 20.0. The van der Waals surface area contributed by atoms with Crippen LogP contribution in [0.1, 0.15) is 10.4 Å². The Morgan fingerprint density at radius 1 is 1.03 bits per heavy atom. The smallest absolute Gasteiger partial charge is 0.259 e. The van der Waals surface area contributed by atoms with Crippen LogP contribution in [0.4, 0.5) is 5.69 Å². The van der Waals surface area contributed by atoms with Crippen molar-refractivity contribution >= 4 is 46.1 Å². The Labute approximate surface area is 188 Å². The zero-order valence-electron chi connectivity index (χ0n) is 15.9. The second-order valence-electron chi connectivity index (χ2n) is 6.40. The van der Waals surface area contributed by atoms with Crippen LogP contribution in [0.3, 0.4) is 0 Å². The van der Waals surface area contributed by atoms with Crippen molar-refractivity contribution in [2.24, 2.45) is 0 Å². The van der Waals surface area contributed by atoms with Crippen molar-refractivity contribution in [1.82, 2.24) is 4.98 Å². The monoisotopic (exact) mass is 454 g/mol. The van der Waals surface area contributed by atoms with E-state index in [0.29, 0.717) is 27.0 Å². The summed E-state index contributed by atoms with van der Waals surface area (Å²) < 4.78 is 5.27. The number of thiazole rings is 1. The molecule has 1 N–H and O–H groups in total. The zero-order chi connectivity index (χ0) is 21.1. The third kappa shape index (κ3) is 4.33. The molecule has 0 aliphatic heterocycles. The molecule has 0 aliphatic rings. The number of methoxy groups -OCH3 is 1. The van der Waals surface area contributed by atoms with E-state index < -0.39 is 0 Å². The Balaban J connectivity index is 1.59. The molecule has 0 saturated heterocycles. The third-order valence-corrected chi connectivity index (χ3v) is 5.87. The highest BCUT2D eigenvalue weighted by molar-refractivity contribution is 7.13. The lowest BCUT2D eigenvalue weighted by Gasteiger charge is -2.10. The molecule has 4 aromatic rings. The Bertz CT molecular complexity index is 1220. The first-order valence-corrected chi connectivity index (χ1v) is 10.6. The number of ether oxygens (including phenoxy) is 1. The maximum atomic E-state index is 12.7. The highest BCUT2D eigenvalue weighted by Crippen LogP contribution is 2.33. The summed E-state index contributed by atoms with van der Waals surface area (Å²) in [6.45, 7) is 0. The number of nitrogens with zero attached hydrogens (tertiary/aromatic N) is 1. The summed E-state index contributed by atoms with van der Waals surface area (Å²) in [6.07, 6.45) is 0. The van der Waals surface area contributed by atoms with Crippen molar-refractivity contribution in [2.75, 3.05) is 12.4 Å². The van der Waals surface area contributed by atoms with Gasteiger partial charge in [0.25, 0.3) is 5.91 Å². The molecule has 4 nitrogen and oxygen atoms in total. The van der Waals surface area contributed by atoms with Crippen LogP contribution in [0.2, 0.25) is 10.0 Å². The Kier molecular flexibility index (Phi) is 6.04. The molecule has 0 radical (unpaired) electrons. The second kappa shape index (κ2) is 8.88. The first-order valence-electron chi connectivity index (χ1n) is 9.01. The quantitative estimate of drug-likeness (QED) is 0.351. The maximum absolute atomic E-state index is 12.7. The maximum Gasteiger partial charge on any atom is 0.259 e. The average Bonchev–Trinajstić information content (AvgIpc) is 3.24. The molecule has 0 aliphatic carbocycles. The number of carbonyl (C=O) groups excluding carboxylic acids is 1. The van der Waals surface area contributed by atoms with Gasteiger partial charge in [-0.05, 0) is 36.4 Å². The fraction of sp³-hybridized carbons (Fsp3) is 0.0435. The largest absolute Gasteiger partial charge is 0.496 e. The van der Waals surface area contributed by atoms with Crippen LogP contribution >= 0.6 is 34.5 Å². The number of hydrogen-bond donors (Lipinski definition) is 1. The molecule has 7 heteroatoms. The highest BCUT2D eigenvalue weighted by Gasteiger charge is 2.14. The van der Waals surface area contributed by atoms with Crippen molar-refractivity contribution < 1.29 is 9.53 Å². The van der Waals surface area contributed by atoms with Crippen LogP contribution in [0.5, 0.6) is 5.75 Å². The predicted octanol–water partition coefficient (Wildman–Crippen LogP) is 7.04. The van der Waals surface area contributed by atoms with E-state index in [0.717, 1.165) is 21.8 Å². The molecule has 0 fully saturated rings. The van der Waals surface area contributed by atoms with Gasteiger partial charge in [0, 0.05) is 27.2 Å². The van der Waals surface area contributed by atoms with Crippen LogP contribution in [-0.2, 0) is 0 Å². The molecule has 0 saturated carbocycles. The van der Waals surface area contributed by atoms with Gasteiger partial charge in [0.05, 0.1) is 23.4 Å². The van der Waals surface area contributed by atoms with Crippen molar-refractivity contribution in [1.29, 1.82) is 0 Å². The van der Waals surface area contributed by atoms with E-state index in [1.807, 2.05) is 53.9 Å². The zero-order valence-corrected chi connectivity index (χ0v) is 18.2. The van der Waals surface area contributed by atoms with Crippen LogP contribution in [0, 0.1) is 0 Å². The van der Waals surface area contributed by atoms with E-state index in [-0.39, 0.29) is 5.91 Å². The van der Waals surface area contributed by atoms with E-state index in [1.54, 1.807) is 18.2 Å². The number of hydrogen-bond acceptors (Lipinski definition) is 4. The topological polar surface area (TPSA) is 51.2 Å². The fourth-order valence-corrected chi connectivity index (χ4v) is 4.30. The Morgan fingerprint density at radius 2 is 1.87 bits per heavy atom. The number of halogens is 2. The predicted molar refractivity (Wildman–Crippen MR) is 124 cm³/mol. The first-order chi connectivity index (χ1) is 14.5. The van der Waals surface area contributed by atoms with Gasteiger partial charge in [0.2, 0.25) is 0 Å². The first kappa shape index (κ1) is 20.4. The molecular weight excluding hydrogens is 439 g/mol. The van der Waals surface area contributed by atoms with Gasteiger partial charge in [-0.25, -0.2) is 4.98 Å². The van der Waals surface area contributed by atoms with E-state index in [9.17, 15) is 4.79 Å². The van der Waals surface area contributed by atoms with Gasteiger partial charge < -0.3 is 10.1 Å². The van der Waals surface area contributed by atoms with E-state index in [2.05, 4.69) is 5.32 Å². The Morgan fingerprint density at radius 3 is 2.67 bits per heavy atom. The van der Waals surface area contributed by atoms with Gasteiger partial charge in [-0.3, -0.25) is 4.79 Å². The minimum absolute atomic E-state index is 0.304. The lowest BCUT2D eigenvalue weighted by atomic mass is 10.1. The molecule has 30 heavy (non-hydrogen) atoms. The summed E-state index contributed by atoms with van der Waals surface area (Å²) in [5, 5.41) is 6.83. The van der Waals surface area contributed by atoms with Gasteiger partial charge in [0.15, 0.2) is 0 Å². The molecule has 1 amide bonds. The lowest BCUT2D eigenvalue weighted by Crippen LogP contribution is -2.13. The number of nitrogens with one attached hydrogen (secondary N) is 1. The van der Waals surface area contributed by atoms with Crippen LogP contribution in [0.25, 0.3) is 21.8 Å². The number of carbonyl (C=O) groups is 1. The van der Waals surface area contributed by atoms with Crippen LogP contribution in [-0.4, -0.2) is 18.0 Å². The van der Waals surface area contributed by atoms with Gasteiger partial charge in [-0.1, -0.05) is 53.5 Å². The van der Waals surface area contributed by atoms with E-state index in [4.69, 9.17) is 32.9 Å². The molecular formula is C23H16Cl2N2O2S. The third-order valence-electron chi connectivity index (χ3n) is 4.43. The summed E-state index contributed by atoms with van der Waals surface area (Å²) in [4.78, 5) is 17.5. The van der Waals surface area contributed by atoms with E-state index in [1.165, 1.54) is 18.4 Å². The molecule has 150 valence electrons. The molecule has 1 heterocycles. The fourth-order valence-electron chi connectivity index (χ4n) is 2.98. The van der Waals surface area contributed by atoms with Gasteiger partial charge in [-0.2, -0.15) is 0 Å².